The minimum Gasteiger partial charge on any atom is -0.326 e. The van der Waals surface area contributed by atoms with E-state index in [1.807, 2.05) is 50.2 Å². The zero-order valence-corrected chi connectivity index (χ0v) is 14.4. The SMILES string of the molecule is Cc1ccc(NC(=O)[C@@H]2CC(=O)N(c3ccc(C)c(Cl)c3)C2)cc1. The fraction of sp³-hybridized carbons (Fsp3) is 0.263. The smallest absolute Gasteiger partial charge is 0.229 e. The molecule has 0 saturated carbocycles. The zero-order valence-electron chi connectivity index (χ0n) is 13.7. The average Bonchev–Trinajstić information content (AvgIpc) is 2.94. The topological polar surface area (TPSA) is 49.4 Å². The number of nitrogens with one attached hydrogen (secondary N) is 1. The molecule has 24 heavy (non-hydrogen) atoms. The molecule has 1 aliphatic heterocycles. The third kappa shape index (κ3) is 3.44. The van der Waals surface area contributed by atoms with Crippen LogP contribution in [0.2, 0.25) is 5.02 Å². The zero-order chi connectivity index (χ0) is 17.3. The van der Waals surface area contributed by atoms with Gasteiger partial charge in [0, 0.05) is 29.4 Å². The highest BCUT2D eigenvalue weighted by Crippen LogP contribution is 2.29. The van der Waals surface area contributed by atoms with E-state index in [1.54, 1.807) is 11.0 Å². The number of aryl methyl sites for hydroxylation is 2. The first-order valence-corrected chi connectivity index (χ1v) is 8.26. The Bertz CT molecular complexity index is 786. The number of hydrogen-bond donors (Lipinski definition) is 1. The molecule has 0 aliphatic carbocycles. The van der Waals surface area contributed by atoms with Crippen molar-refractivity contribution in [3.8, 4) is 0 Å². The van der Waals surface area contributed by atoms with Gasteiger partial charge in [-0.2, -0.15) is 0 Å². The quantitative estimate of drug-likeness (QED) is 0.918. The largest absolute Gasteiger partial charge is 0.326 e. The number of anilines is 2. The summed E-state index contributed by atoms with van der Waals surface area (Å²) in [5.74, 6) is -0.550. The predicted octanol–water partition coefficient (Wildman–Crippen LogP) is 3.95. The Morgan fingerprint density at radius 1 is 1.17 bits per heavy atom. The van der Waals surface area contributed by atoms with Gasteiger partial charge in [0.2, 0.25) is 11.8 Å². The van der Waals surface area contributed by atoms with Gasteiger partial charge in [-0.05, 0) is 43.7 Å². The summed E-state index contributed by atoms with van der Waals surface area (Å²) in [5, 5.41) is 3.50. The van der Waals surface area contributed by atoms with Crippen LogP contribution in [0.15, 0.2) is 42.5 Å². The van der Waals surface area contributed by atoms with Crippen LogP contribution in [0.3, 0.4) is 0 Å². The molecule has 0 aromatic heterocycles. The summed E-state index contributed by atoms with van der Waals surface area (Å²) < 4.78 is 0. The van der Waals surface area contributed by atoms with E-state index in [-0.39, 0.29) is 24.2 Å². The summed E-state index contributed by atoms with van der Waals surface area (Å²) in [6.45, 7) is 4.28. The number of halogens is 1. The van der Waals surface area contributed by atoms with Gasteiger partial charge in [-0.1, -0.05) is 35.4 Å². The number of rotatable bonds is 3. The Balaban J connectivity index is 1.70. The normalized spacial score (nSPS) is 17.2. The van der Waals surface area contributed by atoms with E-state index in [1.165, 1.54) is 0 Å². The van der Waals surface area contributed by atoms with Crippen molar-refractivity contribution in [2.24, 2.45) is 5.92 Å². The number of benzene rings is 2. The minimum absolute atomic E-state index is 0.0565. The molecule has 1 atom stereocenters. The van der Waals surface area contributed by atoms with Crippen LogP contribution in [0.5, 0.6) is 0 Å². The van der Waals surface area contributed by atoms with E-state index in [2.05, 4.69) is 5.32 Å². The van der Waals surface area contributed by atoms with E-state index in [0.717, 1.165) is 22.5 Å². The van der Waals surface area contributed by atoms with Gasteiger partial charge in [0.15, 0.2) is 0 Å². The number of carbonyl (C=O) groups excluding carboxylic acids is 2. The highest BCUT2D eigenvalue weighted by atomic mass is 35.5. The minimum atomic E-state index is -0.362. The first-order chi connectivity index (χ1) is 11.4. The van der Waals surface area contributed by atoms with Crippen molar-refractivity contribution >= 4 is 34.8 Å². The molecule has 1 aliphatic rings. The number of carbonyl (C=O) groups is 2. The van der Waals surface area contributed by atoms with Crippen molar-refractivity contribution in [3.05, 3.63) is 58.6 Å². The summed E-state index contributed by atoms with van der Waals surface area (Å²) in [4.78, 5) is 26.3. The van der Waals surface area contributed by atoms with Gasteiger partial charge >= 0.3 is 0 Å². The predicted molar refractivity (Wildman–Crippen MR) is 96.5 cm³/mol. The maximum atomic E-state index is 12.4. The molecule has 1 fully saturated rings. The molecule has 0 bridgehead atoms. The Morgan fingerprint density at radius 3 is 2.54 bits per heavy atom. The number of nitrogens with zero attached hydrogens (tertiary/aromatic N) is 1. The molecule has 1 saturated heterocycles. The van der Waals surface area contributed by atoms with E-state index in [9.17, 15) is 9.59 Å². The lowest BCUT2D eigenvalue weighted by Gasteiger charge is -2.17. The van der Waals surface area contributed by atoms with E-state index in [4.69, 9.17) is 11.6 Å². The van der Waals surface area contributed by atoms with Gasteiger partial charge in [0.05, 0.1) is 5.92 Å². The van der Waals surface area contributed by atoms with Gasteiger partial charge in [-0.25, -0.2) is 0 Å². The Morgan fingerprint density at radius 2 is 1.88 bits per heavy atom. The van der Waals surface area contributed by atoms with Crippen LogP contribution in [0, 0.1) is 19.8 Å². The first-order valence-electron chi connectivity index (χ1n) is 7.88. The summed E-state index contributed by atoms with van der Waals surface area (Å²) in [7, 11) is 0. The van der Waals surface area contributed by atoms with Gasteiger partial charge in [-0.15, -0.1) is 0 Å². The van der Waals surface area contributed by atoms with E-state index in [0.29, 0.717) is 11.6 Å². The van der Waals surface area contributed by atoms with Crippen LogP contribution in [0.25, 0.3) is 0 Å². The second-order valence-electron chi connectivity index (χ2n) is 6.19. The molecule has 3 rings (SSSR count). The van der Waals surface area contributed by atoms with Crippen molar-refractivity contribution in [2.45, 2.75) is 20.3 Å². The van der Waals surface area contributed by atoms with E-state index >= 15 is 0 Å². The van der Waals surface area contributed by atoms with Crippen LogP contribution in [-0.4, -0.2) is 18.4 Å². The van der Waals surface area contributed by atoms with Gasteiger partial charge < -0.3 is 10.2 Å². The fourth-order valence-electron chi connectivity index (χ4n) is 2.76. The molecule has 2 aromatic carbocycles. The molecular formula is C19H19ClN2O2. The van der Waals surface area contributed by atoms with Crippen molar-refractivity contribution in [1.82, 2.24) is 0 Å². The summed E-state index contributed by atoms with van der Waals surface area (Å²) in [6, 6.07) is 13.1. The fourth-order valence-corrected chi connectivity index (χ4v) is 2.94. The Labute approximate surface area is 146 Å². The number of hydrogen-bond acceptors (Lipinski definition) is 2. The molecule has 0 radical (unpaired) electrons. The highest BCUT2D eigenvalue weighted by Gasteiger charge is 2.35. The van der Waals surface area contributed by atoms with Crippen LogP contribution >= 0.6 is 11.6 Å². The standard InChI is InChI=1S/C19H19ClN2O2/c1-12-3-6-15(7-4-12)21-19(24)14-9-18(23)22(11-14)16-8-5-13(2)17(20)10-16/h3-8,10,14H,9,11H2,1-2H3,(H,21,24)/t14-/m1/s1. The van der Waals surface area contributed by atoms with Gasteiger partial charge in [0.1, 0.15) is 0 Å². The van der Waals surface area contributed by atoms with E-state index < -0.39 is 0 Å². The molecule has 0 unspecified atom stereocenters. The lowest BCUT2D eigenvalue weighted by molar-refractivity contribution is -0.122. The molecule has 5 heteroatoms. The first kappa shape index (κ1) is 16.5. The van der Waals surface area contributed by atoms with Crippen molar-refractivity contribution in [2.75, 3.05) is 16.8 Å². The molecule has 1 N–H and O–H groups in total. The monoisotopic (exact) mass is 342 g/mol. The number of amides is 2. The average molecular weight is 343 g/mol. The van der Waals surface area contributed by atoms with Gasteiger partial charge in [-0.3, -0.25) is 9.59 Å². The maximum absolute atomic E-state index is 12.4. The van der Waals surface area contributed by atoms with Crippen LogP contribution in [0.4, 0.5) is 11.4 Å². The highest BCUT2D eigenvalue weighted by molar-refractivity contribution is 6.31. The Hall–Kier alpha value is -2.33. The van der Waals surface area contributed by atoms with Crippen LogP contribution in [-0.2, 0) is 9.59 Å². The summed E-state index contributed by atoms with van der Waals surface area (Å²) in [5.41, 5.74) is 3.57. The van der Waals surface area contributed by atoms with Crippen molar-refractivity contribution in [3.63, 3.8) is 0 Å². The second kappa shape index (κ2) is 6.65. The molecule has 2 amide bonds. The van der Waals surface area contributed by atoms with Crippen LogP contribution < -0.4 is 10.2 Å². The third-order valence-corrected chi connectivity index (χ3v) is 4.69. The Kier molecular flexibility index (Phi) is 4.58. The molecule has 124 valence electrons. The maximum Gasteiger partial charge on any atom is 0.229 e. The van der Waals surface area contributed by atoms with Crippen molar-refractivity contribution in [1.29, 1.82) is 0 Å². The van der Waals surface area contributed by atoms with Crippen molar-refractivity contribution < 1.29 is 9.59 Å². The molecule has 2 aromatic rings. The molecular weight excluding hydrogens is 324 g/mol. The molecule has 0 spiro atoms. The molecule has 1 heterocycles. The lowest BCUT2D eigenvalue weighted by Crippen LogP contribution is -2.28. The lowest BCUT2D eigenvalue weighted by atomic mass is 10.1. The third-order valence-electron chi connectivity index (χ3n) is 4.28. The molecule has 4 nitrogen and oxygen atoms in total. The second-order valence-corrected chi connectivity index (χ2v) is 6.60. The summed E-state index contributed by atoms with van der Waals surface area (Å²) in [6.07, 6.45) is 0.211. The van der Waals surface area contributed by atoms with Gasteiger partial charge in [0.25, 0.3) is 0 Å². The summed E-state index contributed by atoms with van der Waals surface area (Å²) >= 11 is 6.14. The van der Waals surface area contributed by atoms with Crippen LogP contribution in [0.1, 0.15) is 17.5 Å².